The molecule has 3 aromatic rings. The second-order valence-electron chi connectivity index (χ2n) is 8.29. The first-order valence-corrected chi connectivity index (χ1v) is 12.4. The van der Waals surface area contributed by atoms with E-state index in [2.05, 4.69) is 11.6 Å². The summed E-state index contributed by atoms with van der Waals surface area (Å²) in [6, 6.07) is 13.1. The van der Waals surface area contributed by atoms with Crippen LogP contribution in [0.2, 0.25) is 0 Å². The Morgan fingerprint density at radius 1 is 1.16 bits per heavy atom. The van der Waals surface area contributed by atoms with E-state index in [1.165, 1.54) is 12.0 Å². The third kappa shape index (κ3) is 4.90. The zero-order chi connectivity index (χ0) is 26.7. The quantitative estimate of drug-likeness (QED) is 0.147. The number of nitrogens with zero attached hydrogens (tertiary/aromatic N) is 2. The molecule has 8 nitrogen and oxygen atoms in total. The number of ketones is 1. The Hall–Kier alpha value is -4.24. The molecule has 2 heterocycles. The summed E-state index contributed by atoms with van der Waals surface area (Å²) in [6.45, 7) is 7.59. The average Bonchev–Trinajstić information content (AvgIpc) is 3.43. The predicted octanol–water partition coefficient (Wildman–Crippen LogP) is 4.99. The standard InChI is InChI=1S/C28H26N2O6S/c1-5-15-36-20-13-11-19(12-14-20)23(31)21-22(18-9-7-17(6-2)8-10-18)30(26(33)24(21)32)28-29-16(3)25(37-28)27(34)35-4/h5,7-14,22,31H,1,6,15H2,2-4H3/b23-21+. The van der Waals surface area contributed by atoms with Crippen LogP contribution in [0.4, 0.5) is 5.13 Å². The van der Waals surface area contributed by atoms with Crippen LogP contribution in [0, 0.1) is 6.92 Å². The summed E-state index contributed by atoms with van der Waals surface area (Å²) in [5.74, 6) is -2.02. The number of anilines is 1. The van der Waals surface area contributed by atoms with Gasteiger partial charge in [-0.05, 0) is 48.7 Å². The van der Waals surface area contributed by atoms with Crippen molar-refractivity contribution in [2.75, 3.05) is 18.6 Å². The Kier molecular flexibility index (Phi) is 7.54. The monoisotopic (exact) mass is 518 g/mol. The molecule has 1 amide bonds. The summed E-state index contributed by atoms with van der Waals surface area (Å²) in [7, 11) is 1.26. The van der Waals surface area contributed by atoms with Crippen molar-refractivity contribution in [3.63, 3.8) is 0 Å². The SMILES string of the molecule is C=CCOc1ccc(/C(O)=C2\C(=O)C(=O)N(c3nc(C)c(C(=O)OC)s3)C2c2ccc(CC)cc2)cc1. The smallest absolute Gasteiger partial charge is 0.350 e. The maximum atomic E-state index is 13.3. The minimum Gasteiger partial charge on any atom is -0.507 e. The normalized spacial score (nSPS) is 16.6. The van der Waals surface area contributed by atoms with E-state index >= 15 is 0 Å². The van der Waals surface area contributed by atoms with E-state index in [0.717, 1.165) is 23.3 Å². The highest BCUT2D eigenvalue weighted by atomic mass is 32.1. The number of Topliss-reactive ketones (excluding diaryl/α,β-unsaturated/α-hetero) is 1. The van der Waals surface area contributed by atoms with Crippen LogP contribution in [0.25, 0.3) is 5.76 Å². The summed E-state index contributed by atoms with van der Waals surface area (Å²) in [4.78, 5) is 44.8. The summed E-state index contributed by atoms with van der Waals surface area (Å²) >= 11 is 0.959. The van der Waals surface area contributed by atoms with Crippen LogP contribution >= 0.6 is 11.3 Å². The molecule has 1 aromatic heterocycles. The Balaban J connectivity index is 1.86. The van der Waals surface area contributed by atoms with E-state index in [1.807, 2.05) is 31.2 Å². The maximum Gasteiger partial charge on any atom is 0.350 e. The van der Waals surface area contributed by atoms with Gasteiger partial charge in [0.25, 0.3) is 5.78 Å². The molecule has 0 saturated carbocycles. The molecule has 0 radical (unpaired) electrons. The number of aromatic nitrogens is 1. The van der Waals surface area contributed by atoms with Crippen molar-refractivity contribution >= 4 is 39.9 Å². The summed E-state index contributed by atoms with van der Waals surface area (Å²) in [5, 5.41) is 11.5. The van der Waals surface area contributed by atoms with Gasteiger partial charge in [0.1, 0.15) is 23.0 Å². The summed E-state index contributed by atoms with van der Waals surface area (Å²) in [5.41, 5.74) is 2.36. The highest BCUT2D eigenvalue weighted by molar-refractivity contribution is 7.17. The lowest BCUT2D eigenvalue weighted by atomic mass is 9.94. The van der Waals surface area contributed by atoms with E-state index in [1.54, 1.807) is 37.3 Å². The van der Waals surface area contributed by atoms with Crippen molar-refractivity contribution in [3.05, 3.63) is 94.0 Å². The number of aryl methyl sites for hydroxylation is 2. The molecular weight excluding hydrogens is 492 g/mol. The van der Waals surface area contributed by atoms with Crippen LogP contribution in [0.5, 0.6) is 5.75 Å². The number of ether oxygens (including phenoxy) is 2. The van der Waals surface area contributed by atoms with Crippen LogP contribution in [0.3, 0.4) is 0 Å². The molecule has 1 aliphatic heterocycles. The molecule has 4 rings (SSSR count). The first-order valence-electron chi connectivity index (χ1n) is 11.6. The number of methoxy groups -OCH3 is 1. The molecule has 9 heteroatoms. The fourth-order valence-electron chi connectivity index (χ4n) is 4.07. The highest BCUT2D eigenvalue weighted by Gasteiger charge is 2.48. The first-order chi connectivity index (χ1) is 17.8. The second-order valence-corrected chi connectivity index (χ2v) is 9.27. The molecular formula is C28H26N2O6S. The third-order valence-corrected chi connectivity index (χ3v) is 7.14. The fourth-order valence-corrected chi connectivity index (χ4v) is 5.08. The Bertz CT molecular complexity index is 1390. The average molecular weight is 519 g/mol. The van der Waals surface area contributed by atoms with Crippen molar-refractivity contribution in [1.82, 2.24) is 4.98 Å². The lowest BCUT2D eigenvalue weighted by Gasteiger charge is -2.23. The molecule has 190 valence electrons. The Labute approximate surface area is 218 Å². The van der Waals surface area contributed by atoms with Crippen LogP contribution in [0.1, 0.15) is 45.0 Å². The second kappa shape index (κ2) is 10.8. The lowest BCUT2D eigenvalue weighted by molar-refractivity contribution is -0.132. The molecule has 0 aliphatic carbocycles. The molecule has 2 aromatic carbocycles. The van der Waals surface area contributed by atoms with E-state index < -0.39 is 23.7 Å². The summed E-state index contributed by atoms with van der Waals surface area (Å²) in [6.07, 6.45) is 2.43. The van der Waals surface area contributed by atoms with Gasteiger partial charge in [-0.25, -0.2) is 9.78 Å². The van der Waals surface area contributed by atoms with Gasteiger partial charge in [-0.3, -0.25) is 14.5 Å². The number of aliphatic hydroxyl groups excluding tert-OH is 1. The van der Waals surface area contributed by atoms with Crippen molar-refractivity contribution in [2.45, 2.75) is 26.3 Å². The van der Waals surface area contributed by atoms with Crippen molar-refractivity contribution in [1.29, 1.82) is 0 Å². The third-order valence-electron chi connectivity index (χ3n) is 6.01. The van der Waals surface area contributed by atoms with Gasteiger partial charge in [-0.15, -0.1) is 0 Å². The minimum atomic E-state index is -0.946. The van der Waals surface area contributed by atoms with Gasteiger partial charge in [0.15, 0.2) is 5.13 Å². The molecule has 1 atom stereocenters. The number of aliphatic hydroxyl groups is 1. The number of esters is 1. The number of hydrogen-bond donors (Lipinski definition) is 1. The number of carbonyl (C=O) groups is 3. The van der Waals surface area contributed by atoms with E-state index in [9.17, 15) is 19.5 Å². The molecule has 0 spiro atoms. The zero-order valence-corrected chi connectivity index (χ0v) is 21.5. The molecule has 1 N–H and O–H groups in total. The van der Waals surface area contributed by atoms with Crippen molar-refractivity contribution in [2.24, 2.45) is 0 Å². The van der Waals surface area contributed by atoms with Crippen LogP contribution in [0.15, 0.2) is 66.8 Å². The van der Waals surface area contributed by atoms with Gasteiger partial charge in [-0.1, -0.05) is 55.2 Å². The van der Waals surface area contributed by atoms with E-state index in [-0.39, 0.29) is 21.3 Å². The molecule has 0 bridgehead atoms. The fraction of sp³-hybridized carbons (Fsp3) is 0.214. The summed E-state index contributed by atoms with van der Waals surface area (Å²) < 4.78 is 10.3. The molecule has 37 heavy (non-hydrogen) atoms. The van der Waals surface area contributed by atoms with Gasteiger partial charge < -0.3 is 14.6 Å². The van der Waals surface area contributed by atoms with Gasteiger partial charge in [-0.2, -0.15) is 0 Å². The number of carbonyl (C=O) groups excluding carboxylic acids is 3. The highest BCUT2D eigenvalue weighted by Crippen LogP contribution is 2.44. The van der Waals surface area contributed by atoms with E-state index in [4.69, 9.17) is 9.47 Å². The van der Waals surface area contributed by atoms with Gasteiger partial charge in [0.05, 0.1) is 24.4 Å². The molecule has 1 saturated heterocycles. The van der Waals surface area contributed by atoms with Crippen LogP contribution < -0.4 is 9.64 Å². The number of rotatable bonds is 8. The number of hydrogen-bond acceptors (Lipinski definition) is 8. The number of benzene rings is 2. The largest absolute Gasteiger partial charge is 0.507 e. The maximum absolute atomic E-state index is 13.3. The number of amides is 1. The van der Waals surface area contributed by atoms with Gasteiger partial charge >= 0.3 is 11.9 Å². The first kappa shape index (κ1) is 25.8. The zero-order valence-electron chi connectivity index (χ0n) is 20.7. The van der Waals surface area contributed by atoms with Crippen LogP contribution in [-0.4, -0.2) is 41.5 Å². The van der Waals surface area contributed by atoms with Crippen molar-refractivity contribution in [3.8, 4) is 5.75 Å². The molecule has 1 aliphatic rings. The van der Waals surface area contributed by atoms with Crippen molar-refractivity contribution < 1.29 is 29.0 Å². The molecule has 1 fully saturated rings. The molecule has 1 unspecified atom stereocenters. The minimum absolute atomic E-state index is 0.0681. The predicted molar refractivity (Wildman–Crippen MR) is 141 cm³/mol. The number of thiazole rings is 1. The van der Waals surface area contributed by atoms with E-state index in [0.29, 0.717) is 29.2 Å². The van der Waals surface area contributed by atoms with Gasteiger partial charge in [0.2, 0.25) is 0 Å². The Morgan fingerprint density at radius 3 is 2.43 bits per heavy atom. The Morgan fingerprint density at radius 2 is 1.84 bits per heavy atom. The van der Waals surface area contributed by atoms with Gasteiger partial charge in [0, 0.05) is 5.56 Å². The lowest BCUT2D eigenvalue weighted by Crippen LogP contribution is -2.29. The van der Waals surface area contributed by atoms with Crippen LogP contribution in [-0.2, 0) is 20.7 Å². The topological polar surface area (TPSA) is 106 Å².